The summed E-state index contributed by atoms with van der Waals surface area (Å²) in [6.07, 6.45) is 0. The lowest BCUT2D eigenvalue weighted by molar-refractivity contribution is 0.305. The number of benzene rings is 1. The van der Waals surface area contributed by atoms with Crippen molar-refractivity contribution in [1.82, 2.24) is 9.78 Å². The van der Waals surface area contributed by atoms with Crippen LogP contribution in [0.15, 0.2) is 18.2 Å². The molecule has 0 amide bonds. The number of nitrogen functional groups attached to an aromatic ring is 1. The van der Waals surface area contributed by atoms with Crippen molar-refractivity contribution in [3.05, 3.63) is 40.2 Å². The highest BCUT2D eigenvalue weighted by Gasteiger charge is 2.13. The van der Waals surface area contributed by atoms with Gasteiger partial charge in [0.15, 0.2) is 0 Å². The van der Waals surface area contributed by atoms with Gasteiger partial charge in [-0.05, 0) is 25.5 Å². The van der Waals surface area contributed by atoms with Crippen LogP contribution in [0.4, 0.5) is 5.69 Å². The molecule has 1 aromatic heterocycles. The number of nitrogens with two attached hydrogens (primary N) is 1. The van der Waals surface area contributed by atoms with Crippen molar-refractivity contribution in [2.45, 2.75) is 20.5 Å². The largest absolute Gasteiger partial charge is 0.486 e. The van der Waals surface area contributed by atoms with Crippen molar-refractivity contribution >= 4 is 17.3 Å². The van der Waals surface area contributed by atoms with Crippen molar-refractivity contribution < 1.29 is 4.74 Å². The summed E-state index contributed by atoms with van der Waals surface area (Å²) in [6.45, 7) is 4.24. The summed E-state index contributed by atoms with van der Waals surface area (Å²) in [5.41, 5.74) is 9.29. The Labute approximate surface area is 111 Å². The van der Waals surface area contributed by atoms with Gasteiger partial charge in [-0.15, -0.1) is 0 Å². The first-order valence-electron chi connectivity index (χ1n) is 5.66. The number of aryl methyl sites for hydroxylation is 3. The minimum Gasteiger partial charge on any atom is -0.486 e. The highest BCUT2D eigenvalue weighted by atomic mass is 35.5. The molecule has 0 saturated heterocycles. The molecule has 0 aliphatic carbocycles. The maximum Gasteiger partial charge on any atom is 0.145 e. The molecule has 0 aliphatic heterocycles. The molecule has 2 N–H and O–H groups in total. The zero-order valence-electron chi connectivity index (χ0n) is 10.7. The average Bonchev–Trinajstić information content (AvgIpc) is 2.54. The van der Waals surface area contributed by atoms with Gasteiger partial charge in [0.1, 0.15) is 17.5 Å². The predicted molar refractivity (Wildman–Crippen MR) is 72.9 cm³/mol. The molecule has 4 nitrogen and oxygen atoms in total. The van der Waals surface area contributed by atoms with E-state index < -0.39 is 0 Å². The molecule has 0 bridgehead atoms. The van der Waals surface area contributed by atoms with Crippen LogP contribution in [-0.4, -0.2) is 9.78 Å². The van der Waals surface area contributed by atoms with Crippen LogP contribution in [0.25, 0.3) is 0 Å². The van der Waals surface area contributed by atoms with E-state index in [0.717, 1.165) is 16.8 Å². The maximum atomic E-state index is 6.15. The van der Waals surface area contributed by atoms with Crippen LogP contribution < -0.4 is 10.5 Å². The summed E-state index contributed by atoms with van der Waals surface area (Å²) in [4.78, 5) is 0. The monoisotopic (exact) mass is 265 g/mol. The summed E-state index contributed by atoms with van der Waals surface area (Å²) in [5.74, 6) is 0.705. The molecule has 2 rings (SSSR count). The Hall–Kier alpha value is -1.68. The van der Waals surface area contributed by atoms with E-state index in [1.165, 1.54) is 0 Å². The summed E-state index contributed by atoms with van der Waals surface area (Å²) in [6, 6.07) is 5.68. The van der Waals surface area contributed by atoms with Crippen molar-refractivity contribution in [3.8, 4) is 5.75 Å². The van der Waals surface area contributed by atoms with E-state index in [1.54, 1.807) is 11.7 Å². The van der Waals surface area contributed by atoms with Crippen LogP contribution in [0.2, 0.25) is 5.15 Å². The second kappa shape index (κ2) is 4.90. The zero-order chi connectivity index (χ0) is 13.3. The van der Waals surface area contributed by atoms with Gasteiger partial charge >= 0.3 is 0 Å². The van der Waals surface area contributed by atoms with Crippen molar-refractivity contribution in [2.24, 2.45) is 7.05 Å². The lowest BCUT2D eigenvalue weighted by atomic mass is 10.2. The van der Waals surface area contributed by atoms with Crippen molar-refractivity contribution in [3.63, 3.8) is 0 Å². The minimum atomic E-state index is 0.369. The normalized spacial score (nSPS) is 10.7. The Morgan fingerprint density at radius 1 is 1.39 bits per heavy atom. The Morgan fingerprint density at radius 3 is 2.67 bits per heavy atom. The summed E-state index contributed by atoms with van der Waals surface area (Å²) < 4.78 is 7.40. The fourth-order valence-electron chi connectivity index (χ4n) is 1.85. The molecule has 96 valence electrons. The molecule has 0 unspecified atom stereocenters. The highest BCUT2D eigenvalue weighted by Crippen LogP contribution is 2.28. The van der Waals surface area contributed by atoms with Gasteiger partial charge in [-0.3, -0.25) is 4.68 Å². The van der Waals surface area contributed by atoms with E-state index in [2.05, 4.69) is 5.10 Å². The number of hydrogen-bond acceptors (Lipinski definition) is 3. The van der Waals surface area contributed by atoms with Crippen LogP contribution in [0.3, 0.4) is 0 Å². The zero-order valence-corrected chi connectivity index (χ0v) is 11.5. The lowest BCUT2D eigenvalue weighted by Gasteiger charge is -2.11. The van der Waals surface area contributed by atoms with Crippen molar-refractivity contribution in [2.75, 3.05) is 5.73 Å². The van der Waals surface area contributed by atoms with Gasteiger partial charge < -0.3 is 10.5 Å². The van der Waals surface area contributed by atoms with Gasteiger partial charge in [0, 0.05) is 12.6 Å². The van der Waals surface area contributed by atoms with Gasteiger partial charge in [-0.1, -0.05) is 23.7 Å². The van der Waals surface area contributed by atoms with E-state index in [0.29, 0.717) is 23.2 Å². The van der Waals surface area contributed by atoms with E-state index >= 15 is 0 Å². The molecule has 1 heterocycles. The van der Waals surface area contributed by atoms with E-state index in [4.69, 9.17) is 22.1 Å². The molecular formula is C13H16ClN3O. The number of rotatable bonds is 3. The van der Waals surface area contributed by atoms with E-state index in [-0.39, 0.29) is 0 Å². The SMILES string of the molecule is Cc1cccc(N)c1OCc1c(C)nn(C)c1Cl. The van der Waals surface area contributed by atoms with Crippen LogP contribution in [0, 0.1) is 13.8 Å². The molecule has 2 aromatic rings. The molecule has 0 radical (unpaired) electrons. The summed E-state index contributed by atoms with van der Waals surface area (Å²) in [7, 11) is 1.81. The number of nitrogens with zero attached hydrogens (tertiary/aromatic N) is 2. The van der Waals surface area contributed by atoms with Gasteiger partial charge in [0.2, 0.25) is 0 Å². The Bertz CT molecular complexity index is 558. The standard InChI is InChI=1S/C13H16ClN3O/c1-8-5-4-6-11(15)12(8)18-7-10-9(2)16-17(3)13(10)14/h4-6H,7,15H2,1-3H3. The van der Waals surface area contributed by atoms with Gasteiger partial charge in [-0.2, -0.15) is 5.10 Å². The minimum absolute atomic E-state index is 0.369. The number of anilines is 1. The lowest BCUT2D eigenvalue weighted by Crippen LogP contribution is -2.01. The first-order chi connectivity index (χ1) is 8.50. The van der Waals surface area contributed by atoms with Crippen LogP contribution >= 0.6 is 11.6 Å². The molecule has 0 saturated carbocycles. The number of aromatic nitrogens is 2. The van der Waals surface area contributed by atoms with Gasteiger partial charge in [0.25, 0.3) is 0 Å². The molecule has 0 fully saturated rings. The molecule has 18 heavy (non-hydrogen) atoms. The quantitative estimate of drug-likeness (QED) is 0.869. The van der Waals surface area contributed by atoms with Gasteiger partial charge in [-0.25, -0.2) is 0 Å². The smallest absolute Gasteiger partial charge is 0.145 e. The first kappa shape index (κ1) is 12.8. The van der Waals surface area contributed by atoms with Crippen LogP contribution in [0.1, 0.15) is 16.8 Å². The van der Waals surface area contributed by atoms with E-state index in [9.17, 15) is 0 Å². The Balaban J connectivity index is 2.22. The molecule has 5 heteroatoms. The number of para-hydroxylation sites is 1. The number of halogens is 1. The van der Waals surface area contributed by atoms with Crippen molar-refractivity contribution in [1.29, 1.82) is 0 Å². The third kappa shape index (κ3) is 2.29. The van der Waals surface area contributed by atoms with E-state index in [1.807, 2.05) is 32.0 Å². The number of hydrogen-bond donors (Lipinski definition) is 1. The third-order valence-electron chi connectivity index (χ3n) is 2.87. The van der Waals surface area contributed by atoms with Crippen LogP contribution in [-0.2, 0) is 13.7 Å². The fourth-order valence-corrected chi connectivity index (χ4v) is 2.08. The Kier molecular flexibility index (Phi) is 3.48. The second-order valence-electron chi connectivity index (χ2n) is 4.26. The summed E-state index contributed by atoms with van der Waals surface area (Å²) >= 11 is 6.15. The number of ether oxygens (including phenoxy) is 1. The topological polar surface area (TPSA) is 53.1 Å². The van der Waals surface area contributed by atoms with Crippen LogP contribution in [0.5, 0.6) is 5.75 Å². The average molecular weight is 266 g/mol. The molecule has 0 spiro atoms. The second-order valence-corrected chi connectivity index (χ2v) is 4.62. The molecule has 0 atom stereocenters. The highest BCUT2D eigenvalue weighted by molar-refractivity contribution is 6.30. The Morgan fingerprint density at radius 2 is 2.11 bits per heavy atom. The first-order valence-corrected chi connectivity index (χ1v) is 6.04. The molecule has 0 aliphatic rings. The molecular weight excluding hydrogens is 250 g/mol. The maximum absolute atomic E-state index is 6.15. The fraction of sp³-hybridized carbons (Fsp3) is 0.308. The third-order valence-corrected chi connectivity index (χ3v) is 3.35. The molecule has 1 aromatic carbocycles. The summed E-state index contributed by atoms with van der Waals surface area (Å²) in [5, 5.41) is 4.84. The van der Waals surface area contributed by atoms with Gasteiger partial charge in [0.05, 0.1) is 11.4 Å². The predicted octanol–water partition coefficient (Wildman–Crippen LogP) is 2.85.